The number of benzene rings is 1. The molecule has 0 radical (unpaired) electrons. The Kier molecular flexibility index (Phi) is 8.27. The first-order valence-electron chi connectivity index (χ1n) is 7.54. The van der Waals surface area contributed by atoms with Gasteiger partial charge in [0.1, 0.15) is 0 Å². The van der Waals surface area contributed by atoms with Crippen molar-refractivity contribution in [1.29, 1.82) is 0 Å². The standard InChI is InChI=1S/C15H24N4O2S.HI/c1-12(2)19-22(20,21)11-14-6-4-13(5-7-14)10-18-15-16-8-3-9-17-15;/h4-7,12,19H,3,8-11H2,1-2H3,(H2,16,17,18);1H. The molecular formula is C15H25IN4O2S. The average molecular weight is 452 g/mol. The largest absolute Gasteiger partial charge is 0.356 e. The van der Waals surface area contributed by atoms with Gasteiger partial charge in [0.15, 0.2) is 5.96 Å². The molecule has 0 aromatic heterocycles. The van der Waals surface area contributed by atoms with Crippen LogP contribution in [0.3, 0.4) is 0 Å². The Morgan fingerprint density at radius 2 is 1.87 bits per heavy atom. The van der Waals surface area contributed by atoms with Gasteiger partial charge in [-0.2, -0.15) is 0 Å². The zero-order chi connectivity index (χ0) is 16.0. The number of hydrogen-bond acceptors (Lipinski definition) is 5. The predicted molar refractivity (Wildman–Crippen MR) is 105 cm³/mol. The Labute approximate surface area is 155 Å². The van der Waals surface area contributed by atoms with Crippen molar-refractivity contribution in [3.8, 4) is 0 Å². The van der Waals surface area contributed by atoms with E-state index in [9.17, 15) is 8.42 Å². The molecule has 0 saturated heterocycles. The van der Waals surface area contributed by atoms with Crippen LogP contribution < -0.4 is 15.4 Å². The SMILES string of the molecule is CC(C)NS(=O)(=O)Cc1ccc(CNC2=NCCCN2)cc1.I. The third-order valence-electron chi connectivity index (χ3n) is 3.15. The minimum absolute atomic E-state index is 0. The van der Waals surface area contributed by atoms with Gasteiger partial charge >= 0.3 is 0 Å². The smallest absolute Gasteiger partial charge is 0.216 e. The van der Waals surface area contributed by atoms with E-state index in [0.717, 1.165) is 36.6 Å². The van der Waals surface area contributed by atoms with Gasteiger partial charge in [0, 0.05) is 25.7 Å². The molecule has 0 bridgehead atoms. The lowest BCUT2D eigenvalue weighted by atomic mass is 10.1. The normalized spacial score (nSPS) is 14.7. The summed E-state index contributed by atoms with van der Waals surface area (Å²) in [5.74, 6) is 0.840. The summed E-state index contributed by atoms with van der Waals surface area (Å²) in [7, 11) is -3.27. The molecular weight excluding hydrogens is 427 g/mol. The van der Waals surface area contributed by atoms with Crippen molar-refractivity contribution in [3.63, 3.8) is 0 Å². The van der Waals surface area contributed by atoms with Crippen molar-refractivity contribution < 1.29 is 8.42 Å². The first-order chi connectivity index (χ1) is 10.4. The lowest BCUT2D eigenvalue weighted by Gasteiger charge is -2.16. The fourth-order valence-electron chi connectivity index (χ4n) is 2.21. The zero-order valence-electron chi connectivity index (χ0n) is 13.5. The molecule has 0 unspecified atom stereocenters. The predicted octanol–water partition coefficient (Wildman–Crippen LogP) is 1.57. The van der Waals surface area contributed by atoms with Crippen LogP contribution in [-0.4, -0.2) is 33.5 Å². The molecule has 0 aliphatic carbocycles. The minimum Gasteiger partial charge on any atom is -0.356 e. The van der Waals surface area contributed by atoms with Crippen molar-refractivity contribution in [2.75, 3.05) is 13.1 Å². The van der Waals surface area contributed by atoms with Crippen molar-refractivity contribution in [2.24, 2.45) is 4.99 Å². The number of halogens is 1. The first-order valence-corrected chi connectivity index (χ1v) is 9.20. The van der Waals surface area contributed by atoms with E-state index in [1.54, 1.807) is 0 Å². The molecule has 1 aromatic rings. The van der Waals surface area contributed by atoms with Crippen molar-refractivity contribution in [2.45, 2.75) is 38.6 Å². The highest BCUT2D eigenvalue weighted by atomic mass is 127. The number of rotatable bonds is 6. The second kappa shape index (κ2) is 9.43. The van der Waals surface area contributed by atoms with Gasteiger partial charge < -0.3 is 10.6 Å². The van der Waals surface area contributed by atoms with E-state index in [4.69, 9.17) is 0 Å². The second-order valence-electron chi connectivity index (χ2n) is 5.71. The van der Waals surface area contributed by atoms with E-state index in [-0.39, 0.29) is 35.8 Å². The molecule has 130 valence electrons. The molecule has 0 amide bonds. The maximum atomic E-state index is 11.9. The van der Waals surface area contributed by atoms with E-state index in [1.165, 1.54) is 0 Å². The summed E-state index contributed by atoms with van der Waals surface area (Å²) in [6.45, 7) is 6.10. The maximum Gasteiger partial charge on any atom is 0.216 e. The topological polar surface area (TPSA) is 82.6 Å². The number of hydrogen-bond donors (Lipinski definition) is 3. The lowest BCUT2D eigenvalue weighted by Crippen LogP contribution is -2.40. The van der Waals surface area contributed by atoms with Crippen LogP contribution in [0.1, 0.15) is 31.4 Å². The molecule has 1 heterocycles. The van der Waals surface area contributed by atoms with Crippen LogP contribution in [0.2, 0.25) is 0 Å². The summed E-state index contributed by atoms with van der Waals surface area (Å²) < 4.78 is 26.3. The molecule has 1 aliphatic rings. The van der Waals surface area contributed by atoms with E-state index < -0.39 is 10.0 Å². The van der Waals surface area contributed by atoms with Crippen LogP contribution in [0, 0.1) is 0 Å². The molecule has 23 heavy (non-hydrogen) atoms. The fraction of sp³-hybridized carbons (Fsp3) is 0.533. The molecule has 1 aliphatic heterocycles. The fourth-order valence-corrected chi connectivity index (χ4v) is 3.64. The van der Waals surface area contributed by atoms with Gasteiger partial charge in [0.25, 0.3) is 0 Å². The van der Waals surface area contributed by atoms with Crippen LogP contribution >= 0.6 is 24.0 Å². The van der Waals surface area contributed by atoms with Gasteiger partial charge in [-0.1, -0.05) is 24.3 Å². The maximum absolute atomic E-state index is 11.9. The van der Waals surface area contributed by atoms with Crippen LogP contribution in [0.4, 0.5) is 0 Å². The van der Waals surface area contributed by atoms with Gasteiger partial charge in [-0.15, -0.1) is 24.0 Å². The van der Waals surface area contributed by atoms with Crippen molar-refractivity contribution >= 4 is 40.0 Å². The Morgan fingerprint density at radius 3 is 2.43 bits per heavy atom. The number of sulfonamides is 1. The molecule has 0 fully saturated rings. The number of nitrogens with zero attached hydrogens (tertiary/aromatic N) is 1. The summed E-state index contributed by atoms with van der Waals surface area (Å²) in [4.78, 5) is 4.34. The third kappa shape index (κ3) is 7.49. The summed E-state index contributed by atoms with van der Waals surface area (Å²) in [6.07, 6.45) is 1.07. The molecule has 8 heteroatoms. The molecule has 1 aromatic carbocycles. The summed E-state index contributed by atoms with van der Waals surface area (Å²) >= 11 is 0. The van der Waals surface area contributed by atoms with Crippen LogP contribution in [0.25, 0.3) is 0 Å². The Hall–Kier alpha value is -0.870. The number of nitrogens with one attached hydrogen (secondary N) is 3. The molecule has 0 saturated carbocycles. The molecule has 0 atom stereocenters. The first kappa shape index (κ1) is 20.2. The molecule has 3 N–H and O–H groups in total. The number of aliphatic imine (C=N–C) groups is 1. The number of guanidine groups is 1. The van der Waals surface area contributed by atoms with Crippen LogP contribution in [-0.2, 0) is 22.3 Å². The second-order valence-corrected chi connectivity index (χ2v) is 7.47. The molecule has 0 spiro atoms. The minimum atomic E-state index is -3.27. The van der Waals surface area contributed by atoms with Crippen molar-refractivity contribution in [3.05, 3.63) is 35.4 Å². The van der Waals surface area contributed by atoms with E-state index >= 15 is 0 Å². The zero-order valence-corrected chi connectivity index (χ0v) is 16.6. The quantitative estimate of drug-likeness (QED) is 0.573. The Morgan fingerprint density at radius 1 is 1.22 bits per heavy atom. The average Bonchev–Trinajstić information content (AvgIpc) is 2.46. The van der Waals surface area contributed by atoms with Gasteiger partial charge in [-0.05, 0) is 31.4 Å². The summed E-state index contributed by atoms with van der Waals surface area (Å²) in [6, 6.07) is 7.50. The van der Waals surface area contributed by atoms with Gasteiger partial charge in [0.2, 0.25) is 10.0 Å². The highest BCUT2D eigenvalue weighted by molar-refractivity contribution is 14.0. The highest BCUT2D eigenvalue weighted by Crippen LogP contribution is 2.08. The van der Waals surface area contributed by atoms with Crippen LogP contribution in [0.15, 0.2) is 29.3 Å². The monoisotopic (exact) mass is 452 g/mol. The summed E-state index contributed by atoms with van der Waals surface area (Å²) in [5.41, 5.74) is 1.87. The van der Waals surface area contributed by atoms with Gasteiger partial charge in [0.05, 0.1) is 5.75 Å². The van der Waals surface area contributed by atoms with Crippen LogP contribution in [0.5, 0.6) is 0 Å². The van der Waals surface area contributed by atoms with Gasteiger partial charge in [-0.3, -0.25) is 4.99 Å². The van der Waals surface area contributed by atoms with E-state index in [0.29, 0.717) is 6.54 Å². The van der Waals surface area contributed by atoms with E-state index in [2.05, 4.69) is 20.3 Å². The molecule has 6 nitrogen and oxygen atoms in total. The van der Waals surface area contributed by atoms with Crippen molar-refractivity contribution in [1.82, 2.24) is 15.4 Å². The van der Waals surface area contributed by atoms with E-state index in [1.807, 2.05) is 38.1 Å². The van der Waals surface area contributed by atoms with Gasteiger partial charge in [-0.25, -0.2) is 13.1 Å². The third-order valence-corrected chi connectivity index (χ3v) is 4.70. The highest BCUT2D eigenvalue weighted by Gasteiger charge is 2.12. The molecule has 2 rings (SSSR count). The Balaban J connectivity index is 0.00000264. The lowest BCUT2D eigenvalue weighted by molar-refractivity contribution is 0.569. The Bertz CT molecular complexity index is 615. The summed E-state index contributed by atoms with van der Waals surface area (Å²) in [5, 5.41) is 6.44.